The SMILES string of the molecule is CC1=C(C(=O)Nc2cc(Cl)ccc2Cl)C(c2ccc(F)cc2)n2ncnc2N1. The van der Waals surface area contributed by atoms with Crippen molar-refractivity contribution in [1.82, 2.24) is 14.8 Å². The number of anilines is 2. The Bertz CT molecular complexity index is 1090. The van der Waals surface area contributed by atoms with Gasteiger partial charge in [0.15, 0.2) is 0 Å². The number of halogens is 3. The van der Waals surface area contributed by atoms with Gasteiger partial charge in [0.2, 0.25) is 5.95 Å². The van der Waals surface area contributed by atoms with E-state index in [0.29, 0.717) is 38.5 Å². The second kappa shape index (κ2) is 7.26. The molecule has 0 radical (unpaired) electrons. The van der Waals surface area contributed by atoms with Gasteiger partial charge in [-0.15, -0.1) is 0 Å². The van der Waals surface area contributed by atoms with E-state index in [-0.39, 0.29) is 11.7 Å². The minimum atomic E-state index is -0.586. The maximum absolute atomic E-state index is 13.4. The fourth-order valence-corrected chi connectivity index (χ4v) is 3.46. The molecule has 2 heterocycles. The Labute approximate surface area is 170 Å². The number of nitrogens with one attached hydrogen (secondary N) is 2. The largest absolute Gasteiger partial charge is 0.328 e. The Hall–Kier alpha value is -2.90. The molecule has 2 aromatic carbocycles. The first-order valence-electron chi connectivity index (χ1n) is 8.33. The van der Waals surface area contributed by atoms with Gasteiger partial charge in [0.25, 0.3) is 5.91 Å². The Balaban J connectivity index is 1.77. The van der Waals surface area contributed by atoms with Crippen molar-refractivity contribution in [3.8, 4) is 0 Å². The predicted molar refractivity (Wildman–Crippen MR) is 106 cm³/mol. The number of amides is 1. The van der Waals surface area contributed by atoms with Gasteiger partial charge in [-0.2, -0.15) is 10.1 Å². The van der Waals surface area contributed by atoms with E-state index in [1.54, 1.807) is 41.9 Å². The van der Waals surface area contributed by atoms with E-state index in [1.165, 1.54) is 18.5 Å². The van der Waals surface area contributed by atoms with Crippen LogP contribution < -0.4 is 10.6 Å². The van der Waals surface area contributed by atoms with E-state index in [4.69, 9.17) is 23.2 Å². The van der Waals surface area contributed by atoms with E-state index >= 15 is 0 Å². The van der Waals surface area contributed by atoms with Crippen molar-refractivity contribution < 1.29 is 9.18 Å². The molecule has 4 rings (SSSR count). The number of hydrogen-bond acceptors (Lipinski definition) is 4. The van der Waals surface area contributed by atoms with E-state index < -0.39 is 6.04 Å². The summed E-state index contributed by atoms with van der Waals surface area (Å²) < 4.78 is 15.0. The maximum Gasteiger partial charge on any atom is 0.255 e. The first-order chi connectivity index (χ1) is 13.4. The van der Waals surface area contributed by atoms with Gasteiger partial charge in [0.05, 0.1) is 16.3 Å². The molecule has 1 aromatic heterocycles. The van der Waals surface area contributed by atoms with Crippen molar-refractivity contribution in [3.05, 3.63) is 81.5 Å². The number of rotatable bonds is 3. The van der Waals surface area contributed by atoms with Crippen LogP contribution >= 0.6 is 23.2 Å². The summed E-state index contributed by atoms with van der Waals surface area (Å²) in [7, 11) is 0. The van der Waals surface area contributed by atoms with Crippen LogP contribution in [-0.4, -0.2) is 20.7 Å². The third-order valence-electron chi connectivity index (χ3n) is 4.40. The molecule has 0 saturated heterocycles. The summed E-state index contributed by atoms with van der Waals surface area (Å²) in [4.78, 5) is 17.3. The van der Waals surface area contributed by atoms with Gasteiger partial charge >= 0.3 is 0 Å². The highest BCUT2D eigenvalue weighted by molar-refractivity contribution is 6.35. The third kappa shape index (κ3) is 3.34. The van der Waals surface area contributed by atoms with Crippen molar-refractivity contribution in [2.24, 2.45) is 0 Å². The van der Waals surface area contributed by atoms with Crippen LogP contribution in [0.2, 0.25) is 10.0 Å². The van der Waals surface area contributed by atoms with E-state index in [0.717, 1.165) is 0 Å². The lowest BCUT2D eigenvalue weighted by molar-refractivity contribution is -0.113. The zero-order valence-corrected chi connectivity index (χ0v) is 16.1. The van der Waals surface area contributed by atoms with Crippen molar-refractivity contribution in [2.75, 3.05) is 10.6 Å². The molecule has 0 aliphatic carbocycles. The minimum absolute atomic E-state index is 0.361. The van der Waals surface area contributed by atoms with Crippen LogP contribution in [0.1, 0.15) is 18.5 Å². The van der Waals surface area contributed by atoms with E-state index in [9.17, 15) is 9.18 Å². The summed E-state index contributed by atoms with van der Waals surface area (Å²) in [6.07, 6.45) is 1.39. The Kier molecular flexibility index (Phi) is 4.78. The fourth-order valence-electron chi connectivity index (χ4n) is 3.12. The number of benzene rings is 2. The topological polar surface area (TPSA) is 71.8 Å². The standard InChI is InChI=1S/C19H14Cl2FN5O/c1-10-16(18(28)26-15-8-12(20)4-7-14(15)21)17(11-2-5-13(22)6-3-11)27-19(25-10)23-9-24-27/h2-9,17H,1H3,(H,26,28)(H,23,24,25). The molecule has 0 spiro atoms. The van der Waals surface area contributed by atoms with Crippen molar-refractivity contribution in [3.63, 3.8) is 0 Å². The Morgan fingerprint density at radius 2 is 1.96 bits per heavy atom. The highest BCUT2D eigenvalue weighted by atomic mass is 35.5. The smallest absolute Gasteiger partial charge is 0.255 e. The average molecular weight is 418 g/mol. The predicted octanol–water partition coefficient (Wildman–Crippen LogP) is 4.65. The van der Waals surface area contributed by atoms with E-state index in [1.807, 2.05) is 0 Å². The molecule has 1 aliphatic heterocycles. The number of carbonyl (C=O) groups excluding carboxylic acids is 1. The van der Waals surface area contributed by atoms with Gasteiger partial charge in [-0.1, -0.05) is 35.3 Å². The molecule has 1 aliphatic rings. The molecule has 3 aromatic rings. The molecule has 1 atom stereocenters. The van der Waals surface area contributed by atoms with Gasteiger partial charge in [-0.05, 0) is 42.8 Å². The van der Waals surface area contributed by atoms with Crippen LogP contribution in [0.4, 0.5) is 16.0 Å². The van der Waals surface area contributed by atoms with Gasteiger partial charge < -0.3 is 10.6 Å². The summed E-state index contributed by atoms with van der Waals surface area (Å²) in [6, 6.07) is 10.1. The van der Waals surface area contributed by atoms with Crippen molar-refractivity contribution in [2.45, 2.75) is 13.0 Å². The monoisotopic (exact) mass is 417 g/mol. The molecule has 2 N–H and O–H groups in total. The number of allylic oxidation sites excluding steroid dienone is 1. The normalized spacial score (nSPS) is 15.8. The van der Waals surface area contributed by atoms with Crippen LogP contribution in [0.3, 0.4) is 0 Å². The quantitative estimate of drug-likeness (QED) is 0.650. The third-order valence-corrected chi connectivity index (χ3v) is 4.97. The number of aromatic nitrogens is 3. The molecular weight excluding hydrogens is 404 g/mol. The molecule has 6 nitrogen and oxygen atoms in total. The fraction of sp³-hybridized carbons (Fsp3) is 0.105. The molecule has 28 heavy (non-hydrogen) atoms. The summed E-state index contributed by atoms with van der Waals surface area (Å²) in [5.74, 6) is -0.261. The van der Waals surface area contributed by atoms with Crippen LogP contribution in [0, 0.1) is 5.82 Å². The molecular formula is C19H14Cl2FN5O. The van der Waals surface area contributed by atoms with Crippen molar-refractivity contribution in [1.29, 1.82) is 0 Å². The zero-order chi connectivity index (χ0) is 19.8. The van der Waals surface area contributed by atoms with Crippen molar-refractivity contribution >= 4 is 40.7 Å². The van der Waals surface area contributed by atoms with E-state index in [2.05, 4.69) is 20.7 Å². The summed E-state index contributed by atoms with van der Waals surface area (Å²) in [5, 5.41) is 10.9. The number of fused-ring (bicyclic) bond motifs is 1. The average Bonchev–Trinajstić information content (AvgIpc) is 3.12. The number of hydrogen-bond donors (Lipinski definition) is 2. The lowest BCUT2D eigenvalue weighted by atomic mass is 9.95. The second-order valence-corrected chi connectivity index (χ2v) is 7.07. The summed E-state index contributed by atoms with van der Waals surface area (Å²) >= 11 is 12.2. The number of nitrogens with zero attached hydrogens (tertiary/aromatic N) is 3. The van der Waals surface area contributed by atoms with Gasteiger partial charge in [0.1, 0.15) is 18.2 Å². The lowest BCUT2D eigenvalue weighted by Gasteiger charge is -2.28. The number of carbonyl (C=O) groups is 1. The molecule has 0 bridgehead atoms. The second-order valence-electron chi connectivity index (χ2n) is 6.22. The first-order valence-corrected chi connectivity index (χ1v) is 9.09. The zero-order valence-electron chi connectivity index (χ0n) is 14.6. The first kappa shape index (κ1) is 18.5. The molecule has 9 heteroatoms. The minimum Gasteiger partial charge on any atom is -0.328 e. The molecule has 1 amide bonds. The highest BCUT2D eigenvalue weighted by Gasteiger charge is 2.33. The highest BCUT2D eigenvalue weighted by Crippen LogP contribution is 2.36. The Morgan fingerprint density at radius 3 is 2.71 bits per heavy atom. The van der Waals surface area contributed by atoms with Crippen LogP contribution in [0.15, 0.2) is 60.1 Å². The summed E-state index contributed by atoms with van der Waals surface area (Å²) in [5.41, 5.74) is 2.09. The van der Waals surface area contributed by atoms with Gasteiger partial charge in [-0.3, -0.25) is 4.79 Å². The van der Waals surface area contributed by atoms with Crippen LogP contribution in [-0.2, 0) is 4.79 Å². The molecule has 0 fully saturated rings. The Morgan fingerprint density at radius 1 is 1.21 bits per heavy atom. The van der Waals surface area contributed by atoms with Crippen LogP contribution in [0.25, 0.3) is 0 Å². The molecule has 1 unspecified atom stereocenters. The van der Waals surface area contributed by atoms with Gasteiger partial charge in [-0.25, -0.2) is 9.07 Å². The van der Waals surface area contributed by atoms with Crippen LogP contribution in [0.5, 0.6) is 0 Å². The molecule has 142 valence electrons. The molecule has 0 saturated carbocycles. The van der Waals surface area contributed by atoms with Gasteiger partial charge in [0, 0.05) is 10.7 Å². The lowest BCUT2D eigenvalue weighted by Crippen LogP contribution is -2.31. The summed E-state index contributed by atoms with van der Waals surface area (Å²) in [6.45, 7) is 1.77. The maximum atomic E-state index is 13.4.